The molecule has 1 aliphatic rings. The Hall–Kier alpha value is -0.590. The molecule has 0 N–H and O–H groups in total. The van der Waals surface area contributed by atoms with Crippen molar-refractivity contribution in [2.45, 2.75) is 71.1 Å². The number of ketones is 1. The fourth-order valence-electron chi connectivity index (χ4n) is 2.58. The van der Waals surface area contributed by atoms with Crippen LogP contribution < -0.4 is 0 Å². The Morgan fingerprint density at radius 3 is 2.38 bits per heavy atom. The highest BCUT2D eigenvalue weighted by molar-refractivity contribution is 5.93. The standard InChI is InChI=1S/C15H26O/c1-13(2)15(16)12-6-4-3-5-9-14-10-7-8-11-14/h14H,1,3-12H2,2H3. The summed E-state index contributed by atoms with van der Waals surface area (Å²) in [6, 6.07) is 0. The van der Waals surface area contributed by atoms with Crippen LogP contribution in [0.25, 0.3) is 0 Å². The molecule has 0 saturated heterocycles. The van der Waals surface area contributed by atoms with E-state index in [1.54, 1.807) is 0 Å². The van der Waals surface area contributed by atoms with Crippen molar-refractivity contribution < 1.29 is 4.79 Å². The van der Waals surface area contributed by atoms with Gasteiger partial charge in [0.2, 0.25) is 0 Å². The van der Waals surface area contributed by atoms with Crippen LogP contribution in [0.4, 0.5) is 0 Å². The van der Waals surface area contributed by atoms with Crippen molar-refractivity contribution in [3.8, 4) is 0 Å². The molecule has 0 aliphatic heterocycles. The second-order valence-corrected chi connectivity index (χ2v) is 5.31. The summed E-state index contributed by atoms with van der Waals surface area (Å²) >= 11 is 0. The van der Waals surface area contributed by atoms with Gasteiger partial charge in [-0.25, -0.2) is 0 Å². The van der Waals surface area contributed by atoms with Crippen LogP contribution in [0.3, 0.4) is 0 Å². The maximum atomic E-state index is 11.3. The Kier molecular flexibility index (Phi) is 6.44. The van der Waals surface area contributed by atoms with Gasteiger partial charge in [0, 0.05) is 6.42 Å². The van der Waals surface area contributed by atoms with Crippen molar-refractivity contribution in [2.75, 3.05) is 0 Å². The normalized spacial score (nSPS) is 16.6. The molecular weight excluding hydrogens is 196 g/mol. The third-order valence-electron chi connectivity index (χ3n) is 3.72. The first-order valence-corrected chi connectivity index (χ1v) is 6.89. The quantitative estimate of drug-likeness (QED) is 0.431. The molecule has 0 aromatic rings. The number of Topliss-reactive ketones (excluding diaryl/α,β-unsaturated/α-hetero) is 1. The van der Waals surface area contributed by atoms with Gasteiger partial charge >= 0.3 is 0 Å². The SMILES string of the molecule is C=C(C)C(=O)CCCCCCC1CCCC1. The topological polar surface area (TPSA) is 17.1 Å². The fourth-order valence-corrected chi connectivity index (χ4v) is 2.58. The minimum atomic E-state index is 0.246. The number of hydrogen-bond donors (Lipinski definition) is 0. The summed E-state index contributed by atoms with van der Waals surface area (Å²) in [6.07, 6.45) is 12.9. The molecule has 1 aliphatic carbocycles. The Labute approximate surface area is 100 Å². The Morgan fingerprint density at radius 1 is 1.12 bits per heavy atom. The molecule has 1 heteroatoms. The minimum absolute atomic E-state index is 0.246. The Balaban J connectivity index is 1.88. The monoisotopic (exact) mass is 222 g/mol. The second kappa shape index (κ2) is 7.65. The number of hydrogen-bond acceptors (Lipinski definition) is 1. The van der Waals surface area contributed by atoms with Crippen LogP contribution in [0.1, 0.15) is 71.1 Å². The lowest BCUT2D eigenvalue weighted by Crippen LogP contribution is -1.98. The molecule has 1 fully saturated rings. The van der Waals surface area contributed by atoms with Crippen molar-refractivity contribution in [2.24, 2.45) is 5.92 Å². The maximum absolute atomic E-state index is 11.3. The molecule has 92 valence electrons. The van der Waals surface area contributed by atoms with E-state index in [0.29, 0.717) is 12.0 Å². The van der Waals surface area contributed by atoms with Gasteiger partial charge in [-0.3, -0.25) is 4.79 Å². The van der Waals surface area contributed by atoms with E-state index in [4.69, 9.17) is 0 Å². The summed E-state index contributed by atoms with van der Waals surface area (Å²) in [5.74, 6) is 1.27. The molecule has 1 nitrogen and oxygen atoms in total. The molecule has 0 spiro atoms. The van der Waals surface area contributed by atoms with Crippen LogP contribution in [-0.2, 0) is 4.79 Å². The van der Waals surface area contributed by atoms with Gasteiger partial charge in [0.1, 0.15) is 0 Å². The Morgan fingerprint density at radius 2 is 1.75 bits per heavy atom. The number of carbonyl (C=O) groups excluding carboxylic acids is 1. The van der Waals surface area contributed by atoms with E-state index in [2.05, 4.69) is 6.58 Å². The molecule has 0 aromatic carbocycles. The van der Waals surface area contributed by atoms with Gasteiger partial charge in [-0.1, -0.05) is 57.9 Å². The lowest BCUT2D eigenvalue weighted by atomic mass is 9.98. The van der Waals surface area contributed by atoms with Gasteiger partial charge in [0.25, 0.3) is 0 Å². The Bertz CT molecular complexity index is 224. The molecule has 1 rings (SSSR count). The highest BCUT2D eigenvalue weighted by Gasteiger charge is 2.13. The summed E-state index contributed by atoms with van der Waals surface area (Å²) in [6.45, 7) is 5.48. The predicted molar refractivity (Wildman–Crippen MR) is 69.5 cm³/mol. The average molecular weight is 222 g/mol. The molecule has 0 aromatic heterocycles. The predicted octanol–water partition coefficient (Wildman–Crippen LogP) is 4.66. The summed E-state index contributed by atoms with van der Waals surface area (Å²) in [5, 5.41) is 0. The van der Waals surface area contributed by atoms with Crippen molar-refractivity contribution in [1.29, 1.82) is 0 Å². The minimum Gasteiger partial charge on any atom is -0.295 e. The van der Waals surface area contributed by atoms with E-state index in [1.807, 2.05) is 6.92 Å². The zero-order valence-corrected chi connectivity index (χ0v) is 10.8. The first-order valence-electron chi connectivity index (χ1n) is 6.89. The van der Waals surface area contributed by atoms with E-state index >= 15 is 0 Å². The molecule has 0 bridgehead atoms. The van der Waals surface area contributed by atoms with Gasteiger partial charge < -0.3 is 0 Å². The third kappa shape index (κ3) is 5.48. The van der Waals surface area contributed by atoms with Crippen molar-refractivity contribution in [3.05, 3.63) is 12.2 Å². The first kappa shape index (κ1) is 13.5. The maximum Gasteiger partial charge on any atom is 0.157 e. The van der Waals surface area contributed by atoms with Gasteiger partial charge in [0.05, 0.1) is 0 Å². The lowest BCUT2D eigenvalue weighted by molar-refractivity contribution is -0.115. The molecular formula is C15H26O. The van der Waals surface area contributed by atoms with Crippen LogP contribution in [0, 0.1) is 5.92 Å². The van der Waals surface area contributed by atoms with Crippen molar-refractivity contribution in [3.63, 3.8) is 0 Å². The summed E-state index contributed by atoms with van der Waals surface area (Å²) in [4.78, 5) is 11.3. The molecule has 0 atom stereocenters. The summed E-state index contributed by atoms with van der Waals surface area (Å²) < 4.78 is 0. The van der Waals surface area contributed by atoms with Gasteiger partial charge in [-0.05, 0) is 24.8 Å². The zero-order valence-electron chi connectivity index (χ0n) is 10.8. The fraction of sp³-hybridized carbons (Fsp3) is 0.800. The number of unbranched alkanes of at least 4 members (excludes halogenated alkanes) is 3. The number of allylic oxidation sites excluding steroid dienone is 1. The van der Waals surface area contributed by atoms with Gasteiger partial charge in [0.15, 0.2) is 5.78 Å². The van der Waals surface area contributed by atoms with E-state index in [0.717, 1.165) is 12.3 Å². The lowest BCUT2D eigenvalue weighted by Gasteiger charge is -2.07. The molecule has 0 heterocycles. The summed E-state index contributed by atoms with van der Waals surface area (Å²) in [5.41, 5.74) is 0.714. The van der Waals surface area contributed by atoms with Gasteiger partial charge in [-0.2, -0.15) is 0 Å². The highest BCUT2D eigenvalue weighted by Crippen LogP contribution is 2.29. The molecule has 0 amide bonds. The third-order valence-corrected chi connectivity index (χ3v) is 3.72. The van der Waals surface area contributed by atoms with E-state index < -0.39 is 0 Å². The largest absolute Gasteiger partial charge is 0.295 e. The first-order chi connectivity index (χ1) is 7.70. The molecule has 0 unspecified atom stereocenters. The molecule has 0 radical (unpaired) electrons. The van der Waals surface area contributed by atoms with Crippen LogP contribution in [0.15, 0.2) is 12.2 Å². The number of carbonyl (C=O) groups is 1. The van der Waals surface area contributed by atoms with E-state index in [1.165, 1.54) is 51.4 Å². The van der Waals surface area contributed by atoms with Crippen LogP contribution in [0.2, 0.25) is 0 Å². The summed E-state index contributed by atoms with van der Waals surface area (Å²) in [7, 11) is 0. The molecule has 1 saturated carbocycles. The van der Waals surface area contributed by atoms with Crippen molar-refractivity contribution in [1.82, 2.24) is 0 Å². The highest BCUT2D eigenvalue weighted by atomic mass is 16.1. The van der Waals surface area contributed by atoms with E-state index in [9.17, 15) is 4.79 Å². The van der Waals surface area contributed by atoms with Crippen LogP contribution in [-0.4, -0.2) is 5.78 Å². The second-order valence-electron chi connectivity index (χ2n) is 5.31. The average Bonchev–Trinajstić information content (AvgIpc) is 2.75. The molecule has 16 heavy (non-hydrogen) atoms. The van der Waals surface area contributed by atoms with E-state index in [-0.39, 0.29) is 5.78 Å². The van der Waals surface area contributed by atoms with Gasteiger partial charge in [-0.15, -0.1) is 0 Å². The number of rotatable bonds is 8. The van der Waals surface area contributed by atoms with Crippen molar-refractivity contribution >= 4 is 5.78 Å². The smallest absolute Gasteiger partial charge is 0.157 e. The van der Waals surface area contributed by atoms with Crippen LogP contribution in [0.5, 0.6) is 0 Å². The zero-order chi connectivity index (χ0) is 11.8. The van der Waals surface area contributed by atoms with Crippen LogP contribution >= 0.6 is 0 Å².